The Morgan fingerprint density at radius 2 is 1.84 bits per heavy atom. The van der Waals surface area contributed by atoms with E-state index < -0.39 is 0 Å². The van der Waals surface area contributed by atoms with Crippen LogP contribution in [0.25, 0.3) is 17.0 Å². The molecule has 2 aromatic rings. The van der Waals surface area contributed by atoms with Crippen molar-refractivity contribution in [1.82, 2.24) is 9.93 Å². The van der Waals surface area contributed by atoms with E-state index in [2.05, 4.69) is 82.6 Å². The standard InChI is InChI=1S/C21H29BN2O/c1-14-12-18-19(16-10-8-9-11-17(16)25-18)22(7)24(14)23-15(2)20(3,4)13-21(23,5)6/h8-12,15H,13H2,1-7H3. The largest absolute Gasteiger partial charge is 0.457 e. The summed E-state index contributed by atoms with van der Waals surface area (Å²) in [7, 11) is 0. The van der Waals surface area contributed by atoms with E-state index in [9.17, 15) is 0 Å². The van der Waals surface area contributed by atoms with Crippen LogP contribution in [0.4, 0.5) is 0 Å². The van der Waals surface area contributed by atoms with Crippen LogP contribution in [0.15, 0.2) is 34.4 Å². The second-order valence-corrected chi connectivity index (χ2v) is 9.18. The smallest absolute Gasteiger partial charge is 0.308 e. The first kappa shape index (κ1) is 16.8. The van der Waals surface area contributed by atoms with Gasteiger partial charge in [-0.05, 0) is 57.1 Å². The summed E-state index contributed by atoms with van der Waals surface area (Å²) in [5, 5.41) is 3.86. The molecule has 25 heavy (non-hydrogen) atoms. The lowest BCUT2D eigenvalue weighted by Crippen LogP contribution is -2.62. The van der Waals surface area contributed by atoms with Crippen LogP contribution in [0.3, 0.4) is 0 Å². The molecule has 1 fully saturated rings. The lowest BCUT2D eigenvalue weighted by Gasteiger charge is -2.49. The van der Waals surface area contributed by atoms with Crippen molar-refractivity contribution in [2.45, 2.75) is 66.4 Å². The maximum Gasteiger partial charge on any atom is 0.308 e. The van der Waals surface area contributed by atoms with Gasteiger partial charge in [0.25, 0.3) is 0 Å². The summed E-state index contributed by atoms with van der Waals surface area (Å²) in [6, 6.07) is 8.88. The second-order valence-electron chi connectivity index (χ2n) is 9.18. The third-order valence-corrected chi connectivity index (χ3v) is 6.39. The average molecular weight is 336 g/mol. The number of hydrazine groups is 1. The molecule has 1 saturated heterocycles. The van der Waals surface area contributed by atoms with Gasteiger partial charge in [0.15, 0.2) is 0 Å². The first-order valence-electron chi connectivity index (χ1n) is 9.42. The molecule has 1 atom stereocenters. The maximum atomic E-state index is 6.14. The van der Waals surface area contributed by atoms with E-state index in [0.29, 0.717) is 11.5 Å². The summed E-state index contributed by atoms with van der Waals surface area (Å²) in [6.07, 6.45) is 3.40. The fraction of sp³-hybridized carbons (Fsp3) is 0.524. The van der Waals surface area contributed by atoms with Gasteiger partial charge in [0, 0.05) is 22.7 Å². The summed E-state index contributed by atoms with van der Waals surface area (Å²) >= 11 is 0. The fourth-order valence-corrected chi connectivity index (χ4v) is 5.34. The van der Waals surface area contributed by atoms with Crippen molar-refractivity contribution in [3.63, 3.8) is 0 Å². The van der Waals surface area contributed by atoms with Gasteiger partial charge in [0.2, 0.25) is 0 Å². The molecule has 132 valence electrons. The minimum Gasteiger partial charge on any atom is -0.457 e. The quantitative estimate of drug-likeness (QED) is 0.701. The lowest BCUT2D eigenvalue weighted by molar-refractivity contribution is -0.0177. The Balaban J connectivity index is 1.85. The van der Waals surface area contributed by atoms with Crippen LogP contribution in [0.5, 0.6) is 0 Å². The summed E-state index contributed by atoms with van der Waals surface area (Å²) in [5.41, 5.74) is 3.98. The highest BCUT2D eigenvalue weighted by Crippen LogP contribution is 2.48. The molecule has 2 aliphatic rings. The van der Waals surface area contributed by atoms with Gasteiger partial charge in [0.05, 0.1) is 0 Å². The summed E-state index contributed by atoms with van der Waals surface area (Å²) in [5.74, 6) is 1.02. The van der Waals surface area contributed by atoms with E-state index >= 15 is 0 Å². The van der Waals surface area contributed by atoms with E-state index in [-0.39, 0.29) is 12.4 Å². The Hall–Kier alpha value is -1.68. The molecule has 0 bridgehead atoms. The van der Waals surface area contributed by atoms with Gasteiger partial charge in [-0.3, -0.25) is 0 Å². The minimum atomic E-state index is 0.128. The Morgan fingerprint density at radius 1 is 1.16 bits per heavy atom. The zero-order chi connectivity index (χ0) is 18.1. The van der Waals surface area contributed by atoms with Crippen LogP contribution in [0, 0.1) is 5.41 Å². The number of benzene rings is 1. The molecular formula is C21H29BN2O. The van der Waals surface area contributed by atoms with Gasteiger partial charge in [-0.1, -0.05) is 38.9 Å². The lowest BCUT2D eigenvalue weighted by atomic mass is 9.54. The van der Waals surface area contributed by atoms with E-state index in [1.807, 2.05) is 6.07 Å². The van der Waals surface area contributed by atoms with Gasteiger partial charge >= 0.3 is 6.85 Å². The summed E-state index contributed by atoms with van der Waals surface area (Å²) < 4.78 is 6.14. The van der Waals surface area contributed by atoms with Crippen molar-refractivity contribution < 1.29 is 4.42 Å². The van der Waals surface area contributed by atoms with Gasteiger partial charge in [-0.15, -0.1) is 0 Å². The number of furan rings is 1. The molecule has 3 nitrogen and oxygen atoms in total. The first-order valence-corrected chi connectivity index (χ1v) is 9.42. The molecule has 0 amide bonds. The molecule has 0 saturated carbocycles. The highest BCUT2D eigenvalue weighted by molar-refractivity contribution is 6.73. The van der Waals surface area contributed by atoms with Crippen LogP contribution in [0.1, 0.15) is 53.7 Å². The number of para-hydroxylation sites is 1. The topological polar surface area (TPSA) is 19.6 Å². The zero-order valence-electron chi connectivity index (χ0n) is 16.6. The molecule has 4 heteroatoms. The zero-order valence-corrected chi connectivity index (χ0v) is 16.6. The predicted octanol–water partition coefficient (Wildman–Crippen LogP) is 4.75. The molecule has 1 unspecified atom stereocenters. The second kappa shape index (κ2) is 5.17. The van der Waals surface area contributed by atoms with Gasteiger partial charge in [0.1, 0.15) is 11.3 Å². The van der Waals surface area contributed by atoms with Crippen molar-refractivity contribution in [2.75, 3.05) is 0 Å². The first-order chi connectivity index (χ1) is 11.6. The van der Waals surface area contributed by atoms with Crippen LogP contribution < -0.4 is 5.46 Å². The van der Waals surface area contributed by atoms with E-state index in [1.165, 1.54) is 23.0 Å². The van der Waals surface area contributed by atoms with Crippen molar-refractivity contribution in [3.8, 4) is 0 Å². The highest BCUT2D eigenvalue weighted by atomic mass is 16.3. The fourth-order valence-electron chi connectivity index (χ4n) is 5.34. The molecule has 1 aromatic heterocycles. The Kier molecular flexibility index (Phi) is 3.47. The normalized spacial score (nSPS) is 25.4. The number of nitrogens with zero attached hydrogens (tertiary/aromatic N) is 2. The summed E-state index contributed by atoms with van der Waals surface area (Å²) in [4.78, 5) is 2.52. The Morgan fingerprint density at radius 3 is 2.48 bits per heavy atom. The number of fused-ring (bicyclic) bond motifs is 3. The molecule has 4 rings (SSSR count). The Bertz CT molecular complexity index is 864. The monoisotopic (exact) mass is 336 g/mol. The molecular weight excluding hydrogens is 307 g/mol. The highest BCUT2D eigenvalue weighted by Gasteiger charge is 2.53. The maximum absolute atomic E-state index is 6.14. The van der Waals surface area contributed by atoms with Gasteiger partial charge in [-0.25, -0.2) is 5.01 Å². The molecule has 0 aliphatic carbocycles. The van der Waals surface area contributed by atoms with E-state index in [1.54, 1.807) is 0 Å². The molecule has 1 aromatic carbocycles. The number of hydrogen-bond donors (Lipinski definition) is 0. The molecule has 0 radical (unpaired) electrons. The van der Waals surface area contributed by atoms with Crippen molar-refractivity contribution >= 4 is 29.4 Å². The number of allylic oxidation sites excluding steroid dienone is 1. The van der Waals surface area contributed by atoms with Crippen LogP contribution in [-0.2, 0) is 0 Å². The van der Waals surface area contributed by atoms with Crippen LogP contribution >= 0.6 is 0 Å². The van der Waals surface area contributed by atoms with Crippen molar-refractivity contribution in [2.24, 2.45) is 5.41 Å². The predicted molar refractivity (Wildman–Crippen MR) is 107 cm³/mol. The number of hydrogen-bond acceptors (Lipinski definition) is 3. The third kappa shape index (κ3) is 2.30. The van der Waals surface area contributed by atoms with Crippen molar-refractivity contribution in [3.05, 3.63) is 35.7 Å². The summed E-state index contributed by atoms with van der Waals surface area (Å²) in [6.45, 7) is 16.7. The average Bonchev–Trinajstić information content (AvgIpc) is 2.93. The molecule has 0 spiro atoms. The third-order valence-electron chi connectivity index (χ3n) is 6.39. The van der Waals surface area contributed by atoms with E-state index in [0.717, 1.165) is 11.3 Å². The van der Waals surface area contributed by atoms with E-state index in [4.69, 9.17) is 4.42 Å². The van der Waals surface area contributed by atoms with Gasteiger partial charge < -0.3 is 9.34 Å². The Labute approximate surface area is 151 Å². The molecule has 2 aliphatic heterocycles. The van der Waals surface area contributed by atoms with Crippen LogP contribution in [-0.4, -0.2) is 28.4 Å². The van der Waals surface area contributed by atoms with Gasteiger partial charge in [-0.2, -0.15) is 0 Å². The molecule has 3 heterocycles. The van der Waals surface area contributed by atoms with Crippen molar-refractivity contribution in [1.29, 1.82) is 0 Å². The molecule has 0 N–H and O–H groups in total. The van der Waals surface area contributed by atoms with Crippen LogP contribution in [0.2, 0.25) is 6.82 Å². The minimum absolute atomic E-state index is 0.128. The SMILES string of the molecule is CB1c2c(oc3ccccc23)C=C(C)N1N1C(C)C(C)(C)CC1(C)C. The number of rotatable bonds is 1.